The summed E-state index contributed by atoms with van der Waals surface area (Å²) in [6, 6.07) is 7.43. The quantitative estimate of drug-likeness (QED) is 0.843. The van der Waals surface area contributed by atoms with Gasteiger partial charge in [0.15, 0.2) is 0 Å². The third-order valence-corrected chi connectivity index (χ3v) is 2.79. The molecule has 2 aromatic rings. The van der Waals surface area contributed by atoms with E-state index in [-0.39, 0.29) is 11.9 Å². The number of carbonyl (C=O) groups excluding carboxylic acids is 1. The second kappa shape index (κ2) is 5.55. The second-order valence-electron chi connectivity index (χ2n) is 4.06. The monoisotopic (exact) mass is 244 g/mol. The van der Waals surface area contributed by atoms with E-state index >= 15 is 0 Å². The molecule has 1 unspecified atom stereocenters. The van der Waals surface area contributed by atoms with Crippen LogP contribution in [-0.2, 0) is 0 Å². The molecule has 5 nitrogen and oxygen atoms in total. The summed E-state index contributed by atoms with van der Waals surface area (Å²) < 4.78 is 0. The summed E-state index contributed by atoms with van der Waals surface area (Å²) in [5, 5.41) is 2.83. The Bertz CT molecular complexity index is 551. The van der Waals surface area contributed by atoms with Crippen molar-refractivity contribution in [3.63, 3.8) is 0 Å². The Morgan fingerprint density at radius 1 is 1.39 bits per heavy atom. The van der Waals surface area contributed by atoms with Gasteiger partial charge in [-0.1, -0.05) is 19.1 Å². The molecule has 1 aromatic heterocycles. The fraction of sp³-hybridized carbons (Fsp3) is 0.308. The molecule has 0 radical (unpaired) electrons. The van der Waals surface area contributed by atoms with Crippen LogP contribution in [0.5, 0.6) is 0 Å². The number of benzene rings is 1. The van der Waals surface area contributed by atoms with Crippen molar-refractivity contribution in [1.29, 1.82) is 0 Å². The molecule has 0 saturated carbocycles. The SMILES string of the molecule is CCC(CN)NC(=O)c1cnc2ccccc2n1. The van der Waals surface area contributed by atoms with Gasteiger partial charge in [-0.15, -0.1) is 0 Å². The number of hydrogen-bond donors (Lipinski definition) is 2. The maximum atomic E-state index is 11.9. The van der Waals surface area contributed by atoms with E-state index in [1.54, 1.807) is 0 Å². The van der Waals surface area contributed by atoms with Crippen LogP contribution in [-0.4, -0.2) is 28.5 Å². The third-order valence-electron chi connectivity index (χ3n) is 2.79. The van der Waals surface area contributed by atoms with Gasteiger partial charge in [0.05, 0.1) is 17.2 Å². The smallest absolute Gasteiger partial charge is 0.271 e. The summed E-state index contributed by atoms with van der Waals surface area (Å²) in [6.07, 6.45) is 2.28. The highest BCUT2D eigenvalue weighted by Crippen LogP contribution is 2.08. The van der Waals surface area contributed by atoms with E-state index in [0.717, 1.165) is 11.9 Å². The minimum Gasteiger partial charge on any atom is -0.347 e. The van der Waals surface area contributed by atoms with Gasteiger partial charge in [-0.25, -0.2) is 4.98 Å². The van der Waals surface area contributed by atoms with Crippen molar-refractivity contribution in [2.24, 2.45) is 5.73 Å². The van der Waals surface area contributed by atoms with E-state index in [1.165, 1.54) is 6.20 Å². The molecule has 0 fully saturated rings. The Morgan fingerprint density at radius 3 is 2.78 bits per heavy atom. The molecule has 0 bridgehead atoms. The van der Waals surface area contributed by atoms with Gasteiger partial charge in [-0.05, 0) is 18.6 Å². The van der Waals surface area contributed by atoms with Crippen molar-refractivity contribution < 1.29 is 4.79 Å². The number of rotatable bonds is 4. The van der Waals surface area contributed by atoms with Crippen LogP contribution in [0, 0.1) is 0 Å². The highest BCUT2D eigenvalue weighted by Gasteiger charge is 2.12. The number of amides is 1. The average molecular weight is 244 g/mol. The molecule has 5 heteroatoms. The lowest BCUT2D eigenvalue weighted by Gasteiger charge is -2.13. The van der Waals surface area contributed by atoms with Gasteiger partial charge in [0, 0.05) is 12.6 Å². The fourth-order valence-corrected chi connectivity index (χ4v) is 1.65. The lowest BCUT2D eigenvalue weighted by molar-refractivity contribution is 0.0932. The second-order valence-corrected chi connectivity index (χ2v) is 4.06. The summed E-state index contributed by atoms with van der Waals surface area (Å²) in [4.78, 5) is 20.4. The summed E-state index contributed by atoms with van der Waals surface area (Å²) in [5.74, 6) is -0.231. The molecule has 0 aliphatic rings. The van der Waals surface area contributed by atoms with Crippen molar-refractivity contribution in [2.75, 3.05) is 6.54 Å². The summed E-state index contributed by atoms with van der Waals surface area (Å²) >= 11 is 0. The van der Waals surface area contributed by atoms with Gasteiger partial charge < -0.3 is 11.1 Å². The maximum absolute atomic E-state index is 11.9. The molecule has 2 rings (SSSR count). The zero-order chi connectivity index (χ0) is 13.0. The van der Waals surface area contributed by atoms with Crippen LogP contribution < -0.4 is 11.1 Å². The standard InChI is InChI=1S/C13H16N4O/c1-2-9(7-14)16-13(18)12-8-15-10-5-3-4-6-11(10)17-12/h3-6,8-9H,2,7,14H2,1H3,(H,16,18). The first-order valence-electron chi connectivity index (χ1n) is 5.97. The first-order chi connectivity index (χ1) is 8.74. The molecule has 0 spiro atoms. The minimum atomic E-state index is -0.231. The first-order valence-corrected chi connectivity index (χ1v) is 5.97. The molecule has 3 N–H and O–H groups in total. The molecule has 0 aliphatic heterocycles. The molecule has 0 saturated heterocycles. The van der Waals surface area contributed by atoms with E-state index < -0.39 is 0 Å². The highest BCUT2D eigenvalue weighted by atomic mass is 16.1. The van der Waals surface area contributed by atoms with E-state index in [2.05, 4.69) is 15.3 Å². The van der Waals surface area contributed by atoms with Crippen LogP contribution in [0.3, 0.4) is 0 Å². The lowest BCUT2D eigenvalue weighted by Crippen LogP contribution is -2.40. The zero-order valence-corrected chi connectivity index (χ0v) is 10.3. The summed E-state index contributed by atoms with van der Waals surface area (Å²) in [6.45, 7) is 2.40. The van der Waals surface area contributed by atoms with Crippen molar-refractivity contribution in [3.05, 3.63) is 36.2 Å². The topological polar surface area (TPSA) is 80.9 Å². The average Bonchev–Trinajstić information content (AvgIpc) is 2.44. The number of nitrogens with two attached hydrogens (primary N) is 1. The number of carbonyl (C=O) groups is 1. The van der Waals surface area contributed by atoms with Gasteiger partial charge in [-0.2, -0.15) is 0 Å². The summed E-state index contributed by atoms with van der Waals surface area (Å²) in [7, 11) is 0. The number of nitrogens with zero attached hydrogens (tertiary/aromatic N) is 2. The largest absolute Gasteiger partial charge is 0.347 e. The van der Waals surface area contributed by atoms with Crippen LogP contribution in [0.15, 0.2) is 30.5 Å². The maximum Gasteiger partial charge on any atom is 0.271 e. The lowest BCUT2D eigenvalue weighted by atomic mass is 10.2. The first kappa shape index (κ1) is 12.4. The number of hydrogen-bond acceptors (Lipinski definition) is 4. The molecule has 94 valence electrons. The van der Waals surface area contributed by atoms with Crippen molar-refractivity contribution in [2.45, 2.75) is 19.4 Å². The highest BCUT2D eigenvalue weighted by molar-refractivity contribution is 5.93. The number of aromatic nitrogens is 2. The van der Waals surface area contributed by atoms with Gasteiger partial charge in [-0.3, -0.25) is 9.78 Å². The van der Waals surface area contributed by atoms with Gasteiger partial charge >= 0.3 is 0 Å². The predicted molar refractivity (Wildman–Crippen MR) is 70.1 cm³/mol. The van der Waals surface area contributed by atoms with E-state index in [4.69, 9.17) is 5.73 Å². The Kier molecular flexibility index (Phi) is 3.84. The van der Waals surface area contributed by atoms with Gasteiger partial charge in [0.1, 0.15) is 5.69 Å². The zero-order valence-electron chi connectivity index (χ0n) is 10.3. The predicted octanol–water partition coefficient (Wildman–Crippen LogP) is 1.10. The van der Waals surface area contributed by atoms with Crippen molar-refractivity contribution >= 4 is 16.9 Å². The molecule has 1 aromatic carbocycles. The van der Waals surface area contributed by atoms with Crippen LogP contribution in [0.25, 0.3) is 11.0 Å². The summed E-state index contributed by atoms with van der Waals surface area (Å²) in [5.41, 5.74) is 7.36. The Morgan fingerprint density at radius 2 is 2.11 bits per heavy atom. The van der Waals surface area contributed by atoms with E-state index in [9.17, 15) is 4.79 Å². The molecule has 1 atom stereocenters. The van der Waals surface area contributed by atoms with Crippen LogP contribution in [0.1, 0.15) is 23.8 Å². The van der Waals surface area contributed by atoms with Crippen molar-refractivity contribution in [3.8, 4) is 0 Å². The van der Waals surface area contributed by atoms with E-state index in [0.29, 0.717) is 17.8 Å². The molecular formula is C13H16N4O. The molecule has 0 aliphatic carbocycles. The van der Waals surface area contributed by atoms with E-state index in [1.807, 2.05) is 31.2 Å². The number of fused-ring (bicyclic) bond motifs is 1. The van der Waals surface area contributed by atoms with Crippen molar-refractivity contribution in [1.82, 2.24) is 15.3 Å². The Balaban J connectivity index is 2.22. The molecule has 18 heavy (non-hydrogen) atoms. The van der Waals surface area contributed by atoms with Gasteiger partial charge in [0.25, 0.3) is 5.91 Å². The van der Waals surface area contributed by atoms with Gasteiger partial charge in [0.2, 0.25) is 0 Å². The Labute approximate surface area is 105 Å². The normalized spacial score (nSPS) is 12.3. The number of para-hydroxylation sites is 2. The minimum absolute atomic E-state index is 0.0224. The molecule has 1 amide bonds. The van der Waals surface area contributed by atoms with Crippen LogP contribution >= 0.6 is 0 Å². The molecular weight excluding hydrogens is 228 g/mol. The number of nitrogens with one attached hydrogen (secondary N) is 1. The Hall–Kier alpha value is -2.01. The fourth-order valence-electron chi connectivity index (χ4n) is 1.65. The van der Waals surface area contributed by atoms with Crippen LogP contribution in [0.4, 0.5) is 0 Å². The van der Waals surface area contributed by atoms with Crippen LogP contribution in [0.2, 0.25) is 0 Å². The molecule has 1 heterocycles. The third kappa shape index (κ3) is 2.62.